The quantitative estimate of drug-likeness (QED) is 0.771. The standard InChI is InChI=1S/C11H20N2OS/c1-9(11-5-4-6-15-11)12-7-10(14)8-13(2)3/h4-6,9-10,12,14H,7-8H2,1-3H3/t9-,10?/m1/s1. The van der Waals surface area contributed by atoms with E-state index in [1.54, 1.807) is 11.3 Å². The van der Waals surface area contributed by atoms with Crippen molar-refractivity contribution >= 4 is 11.3 Å². The van der Waals surface area contributed by atoms with E-state index in [0.717, 1.165) is 0 Å². The van der Waals surface area contributed by atoms with Crippen LogP contribution in [0.15, 0.2) is 17.5 Å². The summed E-state index contributed by atoms with van der Waals surface area (Å²) in [5.41, 5.74) is 0. The topological polar surface area (TPSA) is 35.5 Å². The smallest absolute Gasteiger partial charge is 0.0791 e. The van der Waals surface area contributed by atoms with Crippen molar-refractivity contribution in [1.82, 2.24) is 10.2 Å². The maximum Gasteiger partial charge on any atom is 0.0791 e. The Kier molecular flexibility index (Phi) is 5.25. The van der Waals surface area contributed by atoms with E-state index in [0.29, 0.717) is 19.1 Å². The van der Waals surface area contributed by atoms with Gasteiger partial charge in [0.1, 0.15) is 0 Å². The van der Waals surface area contributed by atoms with Crippen molar-refractivity contribution in [3.8, 4) is 0 Å². The summed E-state index contributed by atoms with van der Waals surface area (Å²) in [6.45, 7) is 3.45. The second-order valence-electron chi connectivity index (χ2n) is 4.06. The third-order valence-corrected chi connectivity index (χ3v) is 3.26. The lowest BCUT2D eigenvalue weighted by atomic mass is 10.2. The summed E-state index contributed by atoms with van der Waals surface area (Å²) in [5.74, 6) is 0. The zero-order valence-electron chi connectivity index (χ0n) is 9.60. The van der Waals surface area contributed by atoms with Gasteiger partial charge in [-0.1, -0.05) is 6.07 Å². The number of thiophene rings is 1. The Morgan fingerprint density at radius 2 is 2.27 bits per heavy atom. The van der Waals surface area contributed by atoms with Crippen molar-refractivity contribution in [3.05, 3.63) is 22.4 Å². The van der Waals surface area contributed by atoms with Crippen LogP contribution in [-0.2, 0) is 0 Å². The van der Waals surface area contributed by atoms with E-state index in [1.165, 1.54) is 4.88 Å². The van der Waals surface area contributed by atoms with Gasteiger partial charge in [-0.15, -0.1) is 11.3 Å². The summed E-state index contributed by atoms with van der Waals surface area (Å²) in [6.07, 6.45) is -0.303. The fraction of sp³-hybridized carbons (Fsp3) is 0.636. The number of aliphatic hydroxyl groups is 1. The van der Waals surface area contributed by atoms with Gasteiger partial charge in [0.25, 0.3) is 0 Å². The molecule has 86 valence electrons. The minimum absolute atomic E-state index is 0.303. The number of hydrogen-bond donors (Lipinski definition) is 2. The Labute approximate surface area is 95.7 Å². The second-order valence-corrected chi connectivity index (χ2v) is 5.04. The lowest BCUT2D eigenvalue weighted by molar-refractivity contribution is 0.132. The minimum Gasteiger partial charge on any atom is -0.390 e. The molecule has 1 unspecified atom stereocenters. The maximum absolute atomic E-state index is 9.67. The predicted molar refractivity (Wildman–Crippen MR) is 65.3 cm³/mol. The molecule has 1 aromatic rings. The lowest BCUT2D eigenvalue weighted by Gasteiger charge is -2.19. The van der Waals surface area contributed by atoms with Gasteiger partial charge in [0, 0.05) is 24.0 Å². The van der Waals surface area contributed by atoms with Crippen LogP contribution in [0.3, 0.4) is 0 Å². The average molecular weight is 228 g/mol. The molecule has 15 heavy (non-hydrogen) atoms. The molecule has 3 nitrogen and oxygen atoms in total. The maximum atomic E-state index is 9.67. The molecule has 2 N–H and O–H groups in total. The van der Waals surface area contributed by atoms with Crippen LogP contribution in [0, 0.1) is 0 Å². The molecule has 0 bridgehead atoms. The first-order chi connectivity index (χ1) is 7.09. The monoisotopic (exact) mass is 228 g/mol. The van der Waals surface area contributed by atoms with Gasteiger partial charge < -0.3 is 15.3 Å². The van der Waals surface area contributed by atoms with Crippen LogP contribution < -0.4 is 5.32 Å². The highest BCUT2D eigenvalue weighted by atomic mass is 32.1. The summed E-state index contributed by atoms with van der Waals surface area (Å²) in [7, 11) is 3.93. The van der Waals surface area contributed by atoms with Gasteiger partial charge in [0.05, 0.1) is 6.10 Å². The van der Waals surface area contributed by atoms with Gasteiger partial charge in [0.15, 0.2) is 0 Å². The van der Waals surface area contributed by atoms with Gasteiger partial charge in [-0.25, -0.2) is 0 Å². The lowest BCUT2D eigenvalue weighted by Crippen LogP contribution is -2.35. The molecule has 0 amide bonds. The number of nitrogens with one attached hydrogen (secondary N) is 1. The van der Waals surface area contributed by atoms with Crippen LogP contribution in [0.5, 0.6) is 0 Å². The molecule has 0 aliphatic heterocycles. The normalized spacial score (nSPS) is 15.5. The average Bonchev–Trinajstić information content (AvgIpc) is 2.65. The number of hydrogen-bond acceptors (Lipinski definition) is 4. The molecule has 0 radical (unpaired) electrons. The molecule has 0 saturated carbocycles. The van der Waals surface area contributed by atoms with Crippen molar-refractivity contribution in [3.63, 3.8) is 0 Å². The highest BCUT2D eigenvalue weighted by molar-refractivity contribution is 7.10. The number of aliphatic hydroxyl groups excluding tert-OH is 1. The molecule has 1 heterocycles. The van der Waals surface area contributed by atoms with Crippen LogP contribution >= 0.6 is 11.3 Å². The van der Waals surface area contributed by atoms with E-state index < -0.39 is 0 Å². The molecule has 0 aromatic carbocycles. The molecule has 1 aromatic heterocycles. The highest BCUT2D eigenvalue weighted by Crippen LogP contribution is 2.17. The molecule has 1 rings (SSSR count). The summed E-state index contributed by atoms with van der Waals surface area (Å²) in [5, 5.41) is 15.1. The summed E-state index contributed by atoms with van der Waals surface area (Å²) in [4.78, 5) is 3.30. The number of likely N-dealkylation sites (N-methyl/N-ethyl adjacent to an activating group) is 1. The summed E-state index contributed by atoms with van der Waals surface area (Å²) >= 11 is 1.74. The van der Waals surface area contributed by atoms with E-state index in [2.05, 4.69) is 29.8 Å². The minimum atomic E-state index is -0.303. The first kappa shape index (κ1) is 12.6. The molecule has 2 atom stereocenters. The highest BCUT2D eigenvalue weighted by Gasteiger charge is 2.09. The predicted octanol–water partition coefficient (Wildman–Crippen LogP) is 1.32. The fourth-order valence-electron chi connectivity index (χ4n) is 1.44. The Hall–Kier alpha value is -0.420. The molecule has 0 aliphatic carbocycles. The Bertz CT molecular complexity index is 262. The van der Waals surface area contributed by atoms with E-state index in [9.17, 15) is 5.11 Å². The second kappa shape index (κ2) is 6.23. The van der Waals surface area contributed by atoms with Crippen molar-refractivity contribution in [2.45, 2.75) is 19.1 Å². The van der Waals surface area contributed by atoms with E-state index in [1.807, 2.05) is 19.0 Å². The number of nitrogens with zero attached hydrogens (tertiary/aromatic N) is 1. The van der Waals surface area contributed by atoms with Crippen molar-refractivity contribution in [2.24, 2.45) is 0 Å². The molecule has 0 aliphatic rings. The molecule has 0 saturated heterocycles. The van der Waals surface area contributed by atoms with Crippen molar-refractivity contribution in [2.75, 3.05) is 27.2 Å². The van der Waals surface area contributed by atoms with E-state index >= 15 is 0 Å². The fourth-order valence-corrected chi connectivity index (χ4v) is 2.20. The third-order valence-electron chi connectivity index (χ3n) is 2.21. The van der Waals surface area contributed by atoms with Gasteiger partial charge in [0.2, 0.25) is 0 Å². The van der Waals surface area contributed by atoms with Crippen LogP contribution in [0.4, 0.5) is 0 Å². The van der Waals surface area contributed by atoms with Crippen LogP contribution in [0.1, 0.15) is 17.8 Å². The van der Waals surface area contributed by atoms with Gasteiger partial charge in [-0.3, -0.25) is 0 Å². The van der Waals surface area contributed by atoms with Crippen LogP contribution in [0.2, 0.25) is 0 Å². The molecule has 0 spiro atoms. The van der Waals surface area contributed by atoms with Gasteiger partial charge in [-0.2, -0.15) is 0 Å². The first-order valence-corrected chi connectivity index (χ1v) is 6.07. The van der Waals surface area contributed by atoms with Crippen molar-refractivity contribution < 1.29 is 5.11 Å². The number of rotatable bonds is 6. The Balaban J connectivity index is 2.25. The zero-order chi connectivity index (χ0) is 11.3. The molecule has 4 heteroatoms. The summed E-state index contributed by atoms with van der Waals surface area (Å²) < 4.78 is 0. The Morgan fingerprint density at radius 3 is 2.80 bits per heavy atom. The van der Waals surface area contributed by atoms with Gasteiger partial charge in [-0.05, 0) is 32.5 Å². The van der Waals surface area contributed by atoms with E-state index in [4.69, 9.17) is 0 Å². The van der Waals surface area contributed by atoms with Crippen LogP contribution in [-0.4, -0.2) is 43.3 Å². The van der Waals surface area contributed by atoms with Crippen LogP contribution in [0.25, 0.3) is 0 Å². The molecule has 0 fully saturated rings. The SMILES string of the molecule is C[C@@H](NCC(O)CN(C)C)c1cccs1. The molecular formula is C11H20N2OS. The Morgan fingerprint density at radius 1 is 1.53 bits per heavy atom. The summed E-state index contributed by atoms with van der Waals surface area (Å²) in [6, 6.07) is 4.48. The third kappa shape index (κ3) is 4.75. The zero-order valence-corrected chi connectivity index (χ0v) is 10.4. The largest absolute Gasteiger partial charge is 0.390 e. The first-order valence-electron chi connectivity index (χ1n) is 5.19. The van der Waals surface area contributed by atoms with Crippen molar-refractivity contribution in [1.29, 1.82) is 0 Å². The molecular weight excluding hydrogens is 208 g/mol. The van der Waals surface area contributed by atoms with Gasteiger partial charge >= 0.3 is 0 Å². The van der Waals surface area contributed by atoms with E-state index in [-0.39, 0.29) is 6.10 Å².